The summed E-state index contributed by atoms with van der Waals surface area (Å²) in [4.78, 5) is 23.1. The summed E-state index contributed by atoms with van der Waals surface area (Å²) >= 11 is 17.2. The van der Waals surface area contributed by atoms with Crippen LogP contribution in [0.3, 0.4) is 0 Å². The molecule has 0 aromatic heterocycles. The van der Waals surface area contributed by atoms with Gasteiger partial charge in [-0.3, -0.25) is 4.79 Å². The third-order valence-electron chi connectivity index (χ3n) is 1.87. The Bertz CT molecular complexity index is 425. The van der Waals surface area contributed by atoms with Gasteiger partial charge >= 0.3 is 5.97 Å². The first-order valence-electron chi connectivity index (χ1n) is 4.76. The smallest absolute Gasteiger partial charge is 0.332 e. The van der Waals surface area contributed by atoms with Gasteiger partial charge in [-0.2, -0.15) is 0 Å². The van der Waals surface area contributed by atoms with Gasteiger partial charge in [0, 0.05) is 15.6 Å². The molecule has 1 aromatic rings. The normalized spacial score (nSPS) is 12.0. The maximum absolute atomic E-state index is 11.8. The molecule has 0 amide bonds. The number of halogens is 3. The molecule has 0 N–H and O–H groups in total. The Labute approximate surface area is 114 Å². The van der Waals surface area contributed by atoms with Crippen molar-refractivity contribution in [2.45, 2.75) is 12.3 Å². The molecule has 3 nitrogen and oxygen atoms in total. The van der Waals surface area contributed by atoms with Crippen LogP contribution in [0.5, 0.6) is 0 Å². The average molecular weight is 296 g/mol. The van der Waals surface area contributed by atoms with Crippen molar-refractivity contribution in [3.63, 3.8) is 0 Å². The quantitative estimate of drug-likeness (QED) is 0.370. The van der Waals surface area contributed by atoms with E-state index in [1.807, 2.05) is 0 Å². The van der Waals surface area contributed by atoms with Gasteiger partial charge in [0.25, 0.3) is 0 Å². The van der Waals surface area contributed by atoms with Crippen molar-refractivity contribution >= 4 is 46.6 Å². The van der Waals surface area contributed by atoms with Gasteiger partial charge in [0.2, 0.25) is 0 Å². The van der Waals surface area contributed by atoms with E-state index in [2.05, 4.69) is 4.74 Å². The first-order chi connectivity index (χ1) is 7.95. The topological polar surface area (TPSA) is 43.4 Å². The number of esters is 1. The van der Waals surface area contributed by atoms with E-state index < -0.39 is 17.1 Å². The standard InChI is InChI=1S/C11H9Cl3O3/c1-2-17-11(16)9(14)10(15)6-3-7(12)5-8(13)4-6/h3-5,9H,2H2,1H3. The highest BCUT2D eigenvalue weighted by Crippen LogP contribution is 2.21. The lowest BCUT2D eigenvalue weighted by molar-refractivity contribution is -0.141. The van der Waals surface area contributed by atoms with Crippen LogP contribution in [-0.4, -0.2) is 23.7 Å². The highest BCUT2D eigenvalue weighted by Gasteiger charge is 2.26. The molecular formula is C11H9Cl3O3. The van der Waals surface area contributed by atoms with Crippen LogP contribution in [0.4, 0.5) is 0 Å². The molecule has 0 saturated heterocycles. The van der Waals surface area contributed by atoms with Gasteiger partial charge in [0.05, 0.1) is 6.61 Å². The van der Waals surface area contributed by atoms with Crippen molar-refractivity contribution in [3.8, 4) is 0 Å². The minimum Gasteiger partial charge on any atom is -0.465 e. The van der Waals surface area contributed by atoms with Crippen LogP contribution in [-0.2, 0) is 9.53 Å². The number of hydrogen-bond donors (Lipinski definition) is 0. The van der Waals surface area contributed by atoms with E-state index in [0.29, 0.717) is 10.0 Å². The Kier molecular flexibility index (Phi) is 5.25. The first-order valence-corrected chi connectivity index (χ1v) is 5.96. The second-order valence-electron chi connectivity index (χ2n) is 3.14. The zero-order valence-electron chi connectivity index (χ0n) is 8.88. The molecule has 17 heavy (non-hydrogen) atoms. The Morgan fingerprint density at radius 1 is 1.24 bits per heavy atom. The molecule has 0 aliphatic heterocycles. The fourth-order valence-corrected chi connectivity index (χ4v) is 1.88. The zero-order valence-corrected chi connectivity index (χ0v) is 11.1. The summed E-state index contributed by atoms with van der Waals surface area (Å²) in [5.41, 5.74) is 0.176. The highest BCUT2D eigenvalue weighted by atomic mass is 35.5. The third-order valence-corrected chi connectivity index (χ3v) is 2.68. The predicted octanol–water partition coefficient (Wildman–Crippen LogP) is 3.35. The maximum atomic E-state index is 11.8. The molecule has 0 aliphatic carbocycles. The van der Waals surface area contributed by atoms with Crippen LogP contribution in [0.2, 0.25) is 10.0 Å². The Balaban J connectivity index is 2.92. The van der Waals surface area contributed by atoms with Gasteiger partial charge in [-0.05, 0) is 25.1 Å². The third kappa shape index (κ3) is 3.87. The summed E-state index contributed by atoms with van der Waals surface area (Å²) in [6.07, 6.45) is 0. The second kappa shape index (κ2) is 6.24. The molecule has 0 bridgehead atoms. The molecule has 1 atom stereocenters. The van der Waals surface area contributed by atoms with Gasteiger partial charge in [0.1, 0.15) is 0 Å². The lowest BCUT2D eigenvalue weighted by Gasteiger charge is -2.08. The fourth-order valence-electron chi connectivity index (χ4n) is 1.16. The largest absolute Gasteiger partial charge is 0.465 e. The van der Waals surface area contributed by atoms with E-state index in [0.717, 1.165) is 0 Å². The zero-order chi connectivity index (χ0) is 13.0. The van der Waals surface area contributed by atoms with E-state index in [9.17, 15) is 9.59 Å². The molecule has 1 unspecified atom stereocenters. The number of ether oxygens (including phenoxy) is 1. The summed E-state index contributed by atoms with van der Waals surface area (Å²) < 4.78 is 4.65. The molecule has 6 heteroatoms. The Morgan fingerprint density at radius 3 is 2.24 bits per heavy atom. The minimum atomic E-state index is -1.38. The monoisotopic (exact) mass is 294 g/mol. The molecule has 0 saturated carbocycles. The number of carbonyl (C=O) groups is 2. The van der Waals surface area contributed by atoms with Crippen LogP contribution in [0.1, 0.15) is 17.3 Å². The Morgan fingerprint density at radius 2 is 1.76 bits per heavy atom. The van der Waals surface area contributed by atoms with Crippen molar-refractivity contribution in [3.05, 3.63) is 33.8 Å². The molecule has 1 aromatic carbocycles. The SMILES string of the molecule is CCOC(=O)C(Cl)C(=O)c1cc(Cl)cc(Cl)c1. The van der Waals surface area contributed by atoms with Gasteiger partial charge in [0.15, 0.2) is 11.2 Å². The van der Waals surface area contributed by atoms with Crippen LogP contribution in [0, 0.1) is 0 Å². The van der Waals surface area contributed by atoms with E-state index in [-0.39, 0.29) is 12.2 Å². The number of rotatable bonds is 4. The highest BCUT2D eigenvalue weighted by molar-refractivity contribution is 6.44. The predicted molar refractivity (Wildman–Crippen MR) is 67.1 cm³/mol. The van der Waals surface area contributed by atoms with Crippen molar-refractivity contribution in [1.29, 1.82) is 0 Å². The van der Waals surface area contributed by atoms with Gasteiger partial charge in [-0.25, -0.2) is 4.79 Å². The van der Waals surface area contributed by atoms with Crippen molar-refractivity contribution in [2.24, 2.45) is 0 Å². The lowest BCUT2D eigenvalue weighted by atomic mass is 10.1. The molecule has 0 fully saturated rings. The fraction of sp³-hybridized carbons (Fsp3) is 0.273. The van der Waals surface area contributed by atoms with Crippen molar-refractivity contribution in [2.75, 3.05) is 6.61 Å². The summed E-state index contributed by atoms with van der Waals surface area (Å²) in [6.45, 7) is 1.79. The summed E-state index contributed by atoms with van der Waals surface area (Å²) in [6, 6.07) is 4.27. The van der Waals surface area contributed by atoms with Crippen LogP contribution < -0.4 is 0 Å². The van der Waals surface area contributed by atoms with Crippen LogP contribution in [0.15, 0.2) is 18.2 Å². The number of ketones is 1. The molecule has 0 radical (unpaired) electrons. The lowest BCUT2D eigenvalue weighted by Crippen LogP contribution is -2.26. The Hall–Kier alpha value is -0.770. The first kappa shape index (κ1) is 14.3. The molecule has 0 spiro atoms. The van der Waals surface area contributed by atoms with Gasteiger partial charge in [-0.1, -0.05) is 23.2 Å². The summed E-state index contributed by atoms with van der Waals surface area (Å²) in [5.74, 6) is -1.37. The van der Waals surface area contributed by atoms with Crippen molar-refractivity contribution < 1.29 is 14.3 Å². The van der Waals surface area contributed by atoms with E-state index in [4.69, 9.17) is 34.8 Å². The second-order valence-corrected chi connectivity index (χ2v) is 4.45. The molecular weight excluding hydrogens is 286 g/mol. The van der Waals surface area contributed by atoms with E-state index >= 15 is 0 Å². The minimum absolute atomic E-state index is 0.158. The van der Waals surface area contributed by atoms with Crippen LogP contribution in [0.25, 0.3) is 0 Å². The number of carbonyl (C=O) groups excluding carboxylic acids is 2. The van der Waals surface area contributed by atoms with Gasteiger partial charge < -0.3 is 4.74 Å². The maximum Gasteiger partial charge on any atom is 0.332 e. The number of benzene rings is 1. The number of hydrogen-bond acceptors (Lipinski definition) is 3. The van der Waals surface area contributed by atoms with E-state index in [1.54, 1.807) is 6.92 Å². The molecule has 1 rings (SSSR count). The van der Waals surface area contributed by atoms with Crippen molar-refractivity contribution in [1.82, 2.24) is 0 Å². The number of alkyl halides is 1. The average Bonchev–Trinajstić information content (AvgIpc) is 2.26. The van der Waals surface area contributed by atoms with E-state index in [1.165, 1.54) is 18.2 Å². The summed E-state index contributed by atoms with van der Waals surface area (Å²) in [5, 5.41) is -0.786. The summed E-state index contributed by atoms with van der Waals surface area (Å²) in [7, 11) is 0. The molecule has 0 aliphatic rings. The molecule has 0 heterocycles. The molecule has 92 valence electrons. The number of Topliss-reactive ketones (excluding diaryl/α,β-unsaturated/α-hetero) is 1. The van der Waals surface area contributed by atoms with Gasteiger partial charge in [-0.15, -0.1) is 11.6 Å². The van der Waals surface area contributed by atoms with Crippen LogP contribution >= 0.6 is 34.8 Å².